The van der Waals surface area contributed by atoms with Gasteiger partial charge in [-0.1, -0.05) is 31.2 Å². The largest absolute Gasteiger partial charge is 0.492 e. The lowest BCUT2D eigenvalue weighted by Crippen LogP contribution is -2.40. The predicted octanol–water partition coefficient (Wildman–Crippen LogP) is 4.66. The molecule has 5 nitrogen and oxygen atoms in total. The summed E-state index contributed by atoms with van der Waals surface area (Å²) >= 11 is 0. The van der Waals surface area contributed by atoms with Crippen LogP contribution in [0.1, 0.15) is 30.4 Å². The van der Waals surface area contributed by atoms with Crippen molar-refractivity contribution in [1.29, 1.82) is 0 Å². The molecule has 1 heterocycles. The van der Waals surface area contributed by atoms with Crippen molar-refractivity contribution in [1.82, 2.24) is 0 Å². The maximum Gasteiger partial charge on any atom is 0.188 e. The van der Waals surface area contributed by atoms with Crippen molar-refractivity contribution >= 4 is 0 Å². The van der Waals surface area contributed by atoms with Crippen LogP contribution in [0, 0.1) is 0 Å². The summed E-state index contributed by atoms with van der Waals surface area (Å²) < 4.78 is 27.2. The van der Waals surface area contributed by atoms with Gasteiger partial charge in [-0.25, -0.2) is 0 Å². The highest BCUT2D eigenvalue weighted by atomic mass is 16.7. The highest BCUT2D eigenvalue weighted by molar-refractivity contribution is 5.48. The van der Waals surface area contributed by atoms with Crippen molar-refractivity contribution in [2.24, 2.45) is 0 Å². The molecule has 0 aromatic heterocycles. The highest BCUT2D eigenvalue weighted by Crippen LogP contribution is 2.49. The second-order valence-corrected chi connectivity index (χ2v) is 7.11. The molecule has 0 spiro atoms. The van der Waals surface area contributed by atoms with Crippen molar-refractivity contribution in [3.8, 4) is 17.2 Å². The van der Waals surface area contributed by atoms with Gasteiger partial charge in [-0.3, -0.25) is 0 Å². The molecule has 0 N–H and O–H groups in total. The van der Waals surface area contributed by atoms with Crippen LogP contribution in [0.4, 0.5) is 0 Å². The molecule has 0 radical (unpaired) electrons. The lowest BCUT2D eigenvalue weighted by molar-refractivity contribution is 0.0505. The van der Waals surface area contributed by atoms with Crippen LogP contribution in [-0.4, -0.2) is 34.4 Å². The van der Waals surface area contributed by atoms with Gasteiger partial charge in [0.1, 0.15) is 17.2 Å². The molecule has 0 amide bonds. The quantitative estimate of drug-likeness (QED) is 0.465. The summed E-state index contributed by atoms with van der Waals surface area (Å²) in [5, 5.41) is 0. The number of allylic oxidation sites excluding steroid dienone is 1. The van der Waals surface area contributed by atoms with E-state index in [1.54, 1.807) is 14.2 Å². The highest BCUT2D eigenvalue weighted by Gasteiger charge is 2.42. The minimum atomic E-state index is -0.185. The van der Waals surface area contributed by atoms with E-state index in [0.717, 1.165) is 29.2 Å². The van der Waals surface area contributed by atoms with Crippen LogP contribution >= 0.6 is 0 Å². The smallest absolute Gasteiger partial charge is 0.188 e. The van der Waals surface area contributed by atoms with Gasteiger partial charge in [0, 0.05) is 31.6 Å². The fraction of sp³-hybridized carbons (Fsp3) is 0.391. The maximum atomic E-state index is 6.18. The zero-order chi connectivity index (χ0) is 20.0. The molecule has 2 aromatic carbocycles. The van der Waals surface area contributed by atoms with Gasteiger partial charge >= 0.3 is 0 Å². The van der Waals surface area contributed by atoms with Gasteiger partial charge in [0.15, 0.2) is 13.6 Å². The molecule has 1 aliphatic heterocycles. The molecule has 0 saturated carbocycles. The van der Waals surface area contributed by atoms with Crippen LogP contribution < -0.4 is 14.2 Å². The van der Waals surface area contributed by atoms with E-state index in [-0.39, 0.29) is 24.9 Å². The molecule has 0 bridgehead atoms. The summed E-state index contributed by atoms with van der Waals surface area (Å²) in [6.07, 6.45) is 2.83. The standard InChI is InChI=1S/C23H28O5/c1-5-6-21-20-12-11-19(28-16-25-4)13-22(20)26-14-23(21,2)17-7-9-18(10-8-17)27-15-24-3/h5,7-13,21H,1,6,14-16H2,2-4H3/t21-,23-/m1/s1. The summed E-state index contributed by atoms with van der Waals surface area (Å²) in [5.74, 6) is 2.63. The van der Waals surface area contributed by atoms with Crippen LogP contribution in [0.5, 0.6) is 17.2 Å². The van der Waals surface area contributed by atoms with Gasteiger partial charge in [-0.15, -0.1) is 6.58 Å². The Balaban J connectivity index is 1.90. The fourth-order valence-electron chi connectivity index (χ4n) is 3.71. The first-order valence-corrected chi connectivity index (χ1v) is 9.34. The fourth-order valence-corrected chi connectivity index (χ4v) is 3.71. The third-order valence-corrected chi connectivity index (χ3v) is 5.26. The normalized spacial score (nSPS) is 20.8. The number of hydrogen-bond donors (Lipinski definition) is 0. The van der Waals surface area contributed by atoms with E-state index in [4.69, 9.17) is 23.7 Å². The Hall–Kier alpha value is -2.50. The lowest BCUT2D eigenvalue weighted by Gasteiger charge is -2.42. The summed E-state index contributed by atoms with van der Waals surface area (Å²) in [6, 6.07) is 14.1. The second-order valence-electron chi connectivity index (χ2n) is 7.11. The summed E-state index contributed by atoms with van der Waals surface area (Å²) in [6.45, 7) is 7.24. The molecule has 0 unspecified atom stereocenters. The van der Waals surface area contributed by atoms with Crippen LogP contribution in [0.15, 0.2) is 55.1 Å². The number of fused-ring (bicyclic) bond motifs is 1. The molecule has 28 heavy (non-hydrogen) atoms. The van der Waals surface area contributed by atoms with Crippen LogP contribution in [0.2, 0.25) is 0 Å². The number of rotatable bonds is 9. The molecule has 0 aliphatic carbocycles. The molecule has 2 atom stereocenters. The molecule has 0 fully saturated rings. The van der Waals surface area contributed by atoms with E-state index >= 15 is 0 Å². The molecule has 0 saturated heterocycles. The van der Waals surface area contributed by atoms with E-state index in [0.29, 0.717) is 6.61 Å². The van der Waals surface area contributed by atoms with Crippen molar-refractivity contribution in [3.63, 3.8) is 0 Å². The van der Waals surface area contributed by atoms with Gasteiger partial charge in [0.2, 0.25) is 0 Å². The van der Waals surface area contributed by atoms with Gasteiger partial charge in [-0.2, -0.15) is 0 Å². The average molecular weight is 384 g/mol. The number of ether oxygens (including phenoxy) is 5. The number of hydrogen-bond acceptors (Lipinski definition) is 5. The molecular formula is C23H28O5. The molecule has 2 aromatic rings. The van der Waals surface area contributed by atoms with Crippen LogP contribution in [-0.2, 0) is 14.9 Å². The van der Waals surface area contributed by atoms with Crippen molar-refractivity contribution in [3.05, 3.63) is 66.2 Å². The van der Waals surface area contributed by atoms with Crippen molar-refractivity contribution < 1.29 is 23.7 Å². The molecule has 150 valence electrons. The first kappa shape index (κ1) is 20.2. The van der Waals surface area contributed by atoms with Gasteiger partial charge in [-0.05, 0) is 35.7 Å². The topological polar surface area (TPSA) is 46.2 Å². The lowest BCUT2D eigenvalue weighted by atomic mass is 9.66. The van der Waals surface area contributed by atoms with Gasteiger partial charge < -0.3 is 23.7 Å². The Morgan fingerprint density at radius 1 is 1.04 bits per heavy atom. The summed E-state index contributed by atoms with van der Waals surface area (Å²) in [7, 11) is 3.21. The monoisotopic (exact) mass is 384 g/mol. The summed E-state index contributed by atoms with van der Waals surface area (Å²) in [5.41, 5.74) is 2.18. The molecular weight excluding hydrogens is 356 g/mol. The van der Waals surface area contributed by atoms with Crippen LogP contribution in [0.3, 0.4) is 0 Å². The zero-order valence-electron chi connectivity index (χ0n) is 16.8. The third kappa shape index (κ3) is 4.16. The van der Waals surface area contributed by atoms with Crippen molar-refractivity contribution in [2.75, 3.05) is 34.4 Å². The van der Waals surface area contributed by atoms with Gasteiger partial charge in [0.25, 0.3) is 0 Å². The third-order valence-electron chi connectivity index (χ3n) is 5.26. The Morgan fingerprint density at radius 2 is 1.68 bits per heavy atom. The van der Waals surface area contributed by atoms with E-state index in [2.05, 4.69) is 31.7 Å². The van der Waals surface area contributed by atoms with Crippen molar-refractivity contribution in [2.45, 2.75) is 24.7 Å². The average Bonchev–Trinajstić information content (AvgIpc) is 2.73. The maximum absolute atomic E-state index is 6.18. The Bertz CT molecular complexity index is 786. The van der Waals surface area contributed by atoms with Gasteiger partial charge in [0.05, 0.1) is 6.61 Å². The first-order valence-electron chi connectivity index (χ1n) is 9.34. The molecule has 1 aliphatic rings. The zero-order valence-corrected chi connectivity index (χ0v) is 16.8. The SMILES string of the molecule is C=CC[C@@H]1c2ccc(OCOC)cc2OC[C@]1(C)c1ccc(OCOC)cc1. The Kier molecular flexibility index (Phi) is 6.60. The van der Waals surface area contributed by atoms with E-state index < -0.39 is 0 Å². The minimum Gasteiger partial charge on any atom is -0.492 e. The van der Waals surface area contributed by atoms with E-state index in [9.17, 15) is 0 Å². The number of methoxy groups -OCH3 is 2. The number of benzene rings is 2. The molecule has 3 rings (SSSR count). The summed E-state index contributed by atoms with van der Waals surface area (Å²) in [4.78, 5) is 0. The molecule has 5 heteroatoms. The second kappa shape index (κ2) is 9.13. The minimum absolute atomic E-state index is 0.185. The predicted molar refractivity (Wildman–Crippen MR) is 108 cm³/mol. The Labute approximate surface area is 166 Å². The van der Waals surface area contributed by atoms with E-state index in [1.807, 2.05) is 30.3 Å². The van der Waals surface area contributed by atoms with Crippen LogP contribution in [0.25, 0.3) is 0 Å². The first-order chi connectivity index (χ1) is 13.6. The Morgan fingerprint density at radius 3 is 2.32 bits per heavy atom. The van der Waals surface area contributed by atoms with E-state index in [1.165, 1.54) is 5.56 Å².